The molecule has 0 radical (unpaired) electrons. The van der Waals surface area contributed by atoms with Crippen LogP contribution in [0.2, 0.25) is 5.02 Å². The van der Waals surface area contributed by atoms with Gasteiger partial charge in [-0.2, -0.15) is 0 Å². The Morgan fingerprint density at radius 1 is 1.19 bits per heavy atom. The van der Waals surface area contributed by atoms with Gasteiger partial charge >= 0.3 is 5.97 Å². The lowest BCUT2D eigenvalue weighted by Gasteiger charge is -2.25. The number of aromatic nitrogens is 1. The number of ether oxygens (including phenoxy) is 3. The van der Waals surface area contributed by atoms with Crippen molar-refractivity contribution in [3.8, 4) is 17.2 Å². The standard InChI is InChI=1S/C26H25ClN2O6S/c1-5-35-25(32)22-14(2)28-26-29(23(22)16-6-10-19(33-3)20(13-16)34-4)24(31)21(36-26)11-7-15-12-17(27)8-9-18(15)30/h6,8-13,23,30H,5,7H2,1-4H3/b21-11-/t23-/m0/s1. The first-order valence-corrected chi connectivity index (χ1v) is 12.4. The van der Waals surface area contributed by atoms with Crippen molar-refractivity contribution in [3.05, 3.63) is 83.5 Å². The number of fused-ring (bicyclic) bond motifs is 1. The van der Waals surface area contributed by atoms with Gasteiger partial charge in [-0.25, -0.2) is 9.79 Å². The number of carbonyl (C=O) groups excluding carboxylic acids is 1. The second kappa shape index (κ2) is 10.6. The molecule has 0 amide bonds. The van der Waals surface area contributed by atoms with E-state index in [4.69, 9.17) is 25.8 Å². The van der Waals surface area contributed by atoms with E-state index in [1.165, 1.54) is 36.2 Å². The lowest BCUT2D eigenvalue weighted by atomic mass is 9.95. The molecular formula is C26H25ClN2O6S. The first-order valence-electron chi connectivity index (χ1n) is 11.2. The van der Waals surface area contributed by atoms with Crippen LogP contribution in [0.3, 0.4) is 0 Å². The number of thiazole rings is 1. The Labute approximate surface area is 216 Å². The molecule has 8 nitrogen and oxygen atoms in total. The van der Waals surface area contributed by atoms with Gasteiger partial charge in [-0.15, -0.1) is 0 Å². The number of carbonyl (C=O) groups is 1. The second-order valence-electron chi connectivity index (χ2n) is 7.95. The average Bonchev–Trinajstić information content (AvgIpc) is 3.17. The summed E-state index contributed by atoms with van der Waals surface area (Å²) in [5.74, 6) is 0.531. The summed E-state index contributed by atoms with van der Waals surface area (Å²) >= 11 is 7.27. The van der Waals surface area contributed by atoms with Crippen LogP contribution >= 0.6 is 22.9 Å². The van der Waals surface area contributed by atoms with E-state index in [0.717, 1.165) is 0 Å². The molecule has 0 saturated heterocycles. The Morgan fingerprint density at radius 2 is 1.94 bits per heavy atom. The van der Waals surface area contributed by atoms with Gasteiger partial charge in [-0.3, -0.25) is 9.36 Å². The zero-order chi connectivity index (χ0) is 26.0. The third-order valence-corrected chi connectivity index (χ3v) is 7.06. The smallest absolute Gasteiger partial charge is 0.338 e. The topological polar surface area (TPSA) is 99.4 Å². The monoisotopic (exact) mass is 528 g/mol. The molecule has 1 N–H and O–H groups in total. The summed E-state index contributed by atoms with van der Waals surface area (Å²) in [5, 5.41) is 10.6. The maximum Gasteiger partial charge on any atom is 0.338 e. The van der Waals surface area contributed by atoms with E-state index in [0.29, 0.717) is 49.1 Å². The van der Waals surface area contributed by atoms with Crippen LogP contribution in [-0.4, -0.2) is 36.5 Å². The Bertz CT molecular complexity index is 1540. The van der Waals surface area contributed by atoms with Crippen LogP contribution in [0.15, 0.2) is 57.5 Å². The van der Waals surface area contributed by atoms with Gasteiger partial charge in [0.05, 0.1) is 42.7 Å². The van der Waals surface area contributed by atoms with E-state index in [9.17, 15) is 14.7 Å². The lowest BCUT2D eigenvalue weighted by Crippen LogP contribution is -2.40. The minimum Gasteiger partial charge on any atom is -0.508 e. The van der Waals surface area contributed by atoms with Crippen LogP contribution in [0.25, 0.3) is 6.08 Å². The fraction of sp³-hybridized carbons (Fsp3) is 0.269. The molecule has 2 heterocycles. The van der Waals surface area contributed by atoms with Crippen molar-refractivity contribution < 1.29 is 24.1 Å². The largest absolute Gasteiger partial charge is 0.508 e. The maximum absolute atomic E-state index is 13.6. The summed E-state index contributed by atoms with van der Waals surface area (Å²) in [4.78, 5) is 31.7. The van der Waals surface area contributed by atoms with Crippen LogP contribution < -0.4 is 24.4 Å². The molecule has 1 atom stereocenters. The molecule has 36 heavy (non-hydrogen) atoms. The van der Waals surface area contributed by atoms with Gasteiger partial charge in [0, 0.05) is 5.02 Å². The van der Waals surface area contributed by atoms with Crippen LogP contribution in [0, 0.1) is 0 Å². The number of nitrogens with zero attached hydrogens (tertiary/aromatic N) is 2. The van der Waals surface area contributed by atoms with Gasteiger partial charge in [0.2, 0.25) is 0 Å². The molecule has 188 valence electrons. The molecule has 0 saturated carbocycles. The number of hydrogen-bond acceptors (Lipinski definition) is 8. The quantitative estimate of drug-likeness (QED) is 0.472. The van der Waals surface area contributed by atoms with E-state index in [1.54, 1.807) is 50.3 Å². The number of rotatable bonds is 7. The van der Waals surface area contributed by atoms with Crippen molar-refractivity contribution in [1.82, 2.24) is 4.57 Å². The molecule has 3 aromatic rings. The predicted octanol–water partition coefficient (Wildman–Crippen LogP) is 3.37. The number of methoxy groups -OCH3 is 2. The van der Waals surface area contributed by atoms with Crippen molar-refractivity contribution in [3.63, 3.8) is 0 Å². The Kier molecular flexibility index (Phi) is 7.51. The van der Waals surface area contributed by atoms with Crippen LogP contribution in [0.4, 0.5) is 0 Å². The summed E-state index contributed by atoms with van der Waals surface area (Å²) < 4.78 is 18.1. The molecule has 4 rings (SSSR count). The Hall–Kier alpha value is -3.56. The molecule has 0 fully saturated rings. The fourth-order valence-electron chi connectivity index (χ4n) is 4.09. The number of hydrogen-bond donors (Lipinski definition) is 1. The summed E-state index contributed by atoms with van der Waals surface area (Å²) in [6.07, 6.45) is 2.02. The molecule has 1 aliphatic rings. The lowest BCUT2D eigenvalue weighted by molar-refractivity contribution is -0.139. The van der Waals surface area contributed by atoms with Gasteiger partial charge in [0.15, 0.2) is 16.3 Å². The maximum atomic E-state index is 13.6. The average molecular weight is 529 g/mol. The van der Waals surface area contributed by atoms with Gasteiger partial charge < -0.3 is 19.3 Å². The molecule has 10 heteroatoms. The van der Waals surface area contributed by atoms with Gasteiger partial charge in [-0.05, 0) is 61.7 Å². The highest BCUT2D eigenvalue weighted by Crippen LogP contribution is 2.36. The van der Waals surface area contributed by atoms with Crippen molar-refractivity contribution in [2.45, 2.75) is 26.3 Å². The normalized spacial score (nSPS) is 15.4. The summed E-state index contributed by atoms with van der Waals surface area (Å²) in [6, 6.07) is 9.23. The van der Waals surface area contributed by atoms with Crippen molar-refractivity contribution in [2.75, 3.05) is 20.8 Å². The van der Waals surface area contributed by atoms with Crippen LogP contribution in [-0.2, 0) is 16.0 Å². The third kappa shape index (κ3) is 4.76. The summed E-state index contributed by atoms with van der Waals surface area (Å²) in [6.45, 7) is 3.63. The second-order valence-corrected chi connectivity index (χ2v) is 9.40. The zero-order valence-corrected chi connectivity index (χ0v) is 21.8. The SMILES string of the molecule is CCOC(=O)C1=C(C)N=c2s/c(=C\Cc3cc(Cl)ccc3O)c(=O)n2[C@H]1c1ccc(OC)c(OC)c1. The van der Waals surface area contributed by atoms with E-state index >= 15 is 0 Å². The summed E-state index contributed by atoms with van der Waals surface area (Å²) in [7, 11) is 3.05. The number of allylic oxidation sites excluding steroid dienone is 1. The van der Waals surface area contributed by atoms with Gasteiger partial charge in [0.1, 0.15) is 5.75 Å². The van der Waals surface area contributed by atoms with Crippen LogP contribution in [0.1, 0.15) is 31.0 Å². The Morgan fingerprint density at radius 3 is 2.64 bits per heavy atom. The highest BCUT2D eigenvalue weighted by Gasteiger charge is 2.33. The van der Waals surface area contributed by atoms with Gasteiger partial charge in [0.25, 0.3) is 5.56 Å². The van der Waals surface area contributed by atoms with Crippen LogP contribution in [0.5, 0.6) is 17.2 Å². The van der Waals surface area contributed by atoms with Crippen molar-refractivity contribution in [2.24, 2.45) is 4.99 Å². The molecule has 0 aliphatic carbocycles. The molecule has 1 aliphatic heterocycles. The van der Waals surface area contributed by atoms with E-state index in [1.807, 2.05) is 0 Å². The number of benzene rings is 2. The predicted molar refractivity (Wildman–Crippen MR) is 138 cm³/mol. The minimum absolute atomic E-state index is 0.0899. The first kappa shape index (κ1) is 25.5. The minimum atomic E-state index is -0.776. The van der Waals surface area contributed by atoms with Crippen molar-refractivity contribution >= 4 is 35.0 Å². The summed E-state index contributed by atoms with van der Waals surface area (Å²) in [5.41, 5.74) is 1.66. The number of aromatic hydroxyl groups is 1. The number of halogens is 1. The van der Waals surface area contributed by atoms with Crippen molar-refractivity contribution in [1.29, 1.82) is 0 Å². The third-order valence-electron chi connectivity index (χ3n) is 5.79. The highest BCUT2D eigenvalue weighted by atomic mass is 35.5. The molecule has 0 spiro atoms. The molecule has 1 aromatic heterocycles. The Balaban J connectivity index is 1.90. The molecule has 0 bridgehead atoms. The van der Waals surface area contributed by atoms with E-state index in [2.05, 4.69) is 4.99 Å². The molecular weight excluding hydrogens is 504 g/mol. The number of phenols is 1. The first-order chi connectivity index (χ1) is 17.3. The van der Waals surface area contributed by atoms with E-state index < -0.39 is 12.0 Å². The fourth-order valence-corrected chi connectivity index (χ4v) is 5.30. The number of phenolic OH excluding ortho intramolecular Hbond substituents is 1. The van der Waals surface area contributed by atoms with E-state index in [-0.39, 0.29) is 23.5 Å². The molecule has 0 unspecified atom stereocenters. The van der Waals surface area contributed by atoms with Gasteiger partial charge in [-0.1, -0.05) is 35.1 Å². The molecule has 2 aromatic carbocycles. The zero-order valence-electron chi connectivity index (χ0n) is 20.2. The number of esters is 1. The highest BCUT2D eigenvalue weighted by molar-refractivity contribution is 7.07.